The van der Waals surface area contributed by atoms with E-state index in [1.807, 2.05) is 0 Å². The number of amides is 1. The molecule has 3 heterocycles. The zero-order chi connectivity index (χ0) is 19.3. The Hall–Kier alpha value is -2.89. The second-order valence-corrected chi connectivity index (χ2v) is 7.59. The molecule has 144 valence electrons. The average Bonchev–Trinajstić information content (AvgIpc) is 3.31. The molecule has 1 saturated carbocycles. The maximum Gasteiger partial charge on any atom is 0.290 e. The molecule has 5 rings (SSSR count). The number of benzene rings is 1. The van der Waals surface area contributed by atoms with Crippen molar-refractivity contribution in [1.82, 2.24) is 4.90 Å². The lowest BCUT2D eigenvalue weighted by molar-refractivity contribution is -0.135. The molecule has 0 radical (unpaired) electrons. The van der Waals surface area contributed by atoms with Crippen LogP contribution in [0.4, 0.5) is 4.39 Å². The number of hydrogen-bond donors (Lipinski definition) is 0. The largest absolute Gasteiger partial charge is 0.483 e. The Labute approximate surface area is 161 Å². The highest BCUT2D eigenvalue weighted by Gasteiger charge is 2.52. The van der Waals surface area contributed by atoms with Crippen LogP contribution < -0.4 is 0 Å². The summed E-state index contributed by atoms with van der Waals surface area (Å²) in [6.45, 7) is 0.143. The Bertz CT molecular complexity index is 965. The third-order valence-corrected chi connectivity index (χ3v) is 5.96. The molecule has 3 aliphatic rings. The molecule has 2 aliphatic heterocycles. The average molecular weight is 381 g/mol. The van der Waals surface area contributed by atoms with Gasteiger partial charge in [-0.1, -0.05) is 24.6 Å². The van der Waals surface area contributed by atoms with E-state index in [0.717, 1.165) is 25.7 Å². The van der Waals surface area contributed by atoms with Crippen LogP contribution >= 0.6 is 0 Å². The number of ether oxygens (including phenoxy) is 1. The van der Waals surface area contributed by atoms with E-state index in [4.69, 9.17) is 9.15 Å². The molecule has 0 N–H and O–H groups in total. The van der Waals surface area contributed by atoms with Crippen LogP contribution in [0.1, 0.15) is 43.0 Å². The fraction of sp³-hybridized carbons (Fsp3) is 0.364. The van der Waals surface area contributed by atoms with Crippen molar-refractivity contribution >= 4 is 11.7 Å². The third kappa shape index (κ3) is 2.58. The van der Waals surface area contributed by atoms with Gasteiger partial charge in [0.2, 0.25) is 0 Å². The second kappa shape index (κ2) is 6.62. The molecule has 28 heavy (non-hydrogen) atoms. The molecule has 2 aromatic rings. The number of ketones is 1. The van der Waals surface area contributed by atoms with Gasteiger partial charge >= 0.3 is 0 Å². The summed E-state index contributed by atoms with van der Waals surface area (Å²) in [6.07, 6.45) is 4.73. The quantitative estimate of drug-likeness (QED) is 0.809. The summed E-state index contributed by atoms with van der Waals surface area (Å²) in [5.41, 5.74) is 0.600. The zero-order valence-electron chi connectivity index (χ0n) is 15.3. The fourth-order valence-electron chi connectivity index (χ4n) is 4.65. The number of nitrogens with zero attached hydrogens (tertiary/aromatic N) is 1. The van der Waals surface area contributed by atoms with Crippen molar-refractivity contribution in [2.75, 3.05) is 0 Å². The van der Waals surface area contributed by atoms with Crippen molar-refractivity contribution in [1.29, 1.82) is 0 Å². The van der Waals surface area contributed by atoms with Crippen LogP contribution in [0.25, 0.3) is 0 Å². The molecule has 1 amide bonds. The van der Waals surface area contributed by atoms with Crippen molar-refractivity contribution in [3.8, 4) is 0 Å². The minimum atomic E-state index is -0.802. The molecule has 6 heteroatoms. The van der Waals surface area contributed by atoms with Crippen molar-refractivity contribution in [3.05, 3.63) is 71.1 Å². The molecular weight excluding hydrogens is 361 g/mol. The van der Waals surface area contributed by atoms with Crippen molar-refractivity contribution in [3.63, 3.8) is 0 Å². The number of rotatable bonds is 3. The number of halogens is 1. The highest BCUT2D eigenvalue weighted by atomic mass is 19.1. The standard InChI is InChI=1S/C22H20FNO4/c23-16-9-3-1-7-14(16)19-18-20(25)15-8-2-4-10-17(15)28-21(18)22(26)24(19)12-13-6-5-11-27-13/h1,3,5-7,9,11,15,17,19H,2,4,8,10,12H2. The first-order valence-electron chi connectivity index (χ1n) is 9.68. The van der Waals surface area contributed by atoms with Gasteiger partial charge in [-0.25, -0.2) is 4.39 Å². The predicted octanol–water partition coefficient (Wildman–Crippen LogP) is 3.91. The van der Waals surface area contributed by atoms with Gasteiger partial charge in [0, 0.05) is 5.56 Å². The SMILES string of the molecule is O=C1C2=C(OC3CCCCC13)C(=O)N(Cc1ccco1)C2c1ccccc1F. The van der Waals surface area contributed by atoms with Crippen LogP contribution in [-0.2, 0) is 20.9 Å². The molecule has 1 aliphatic carbocycles. The van der Waals surface area contributed by atoms with Gasteiger partial charge in [0.15, 0.2) is 11.5 Å². The van der Waals surface area contributed by atoms with E-state index in [2.05, 4.69) is 0 Å². The summed E-state index contributed by atoms with van der Waals surface area (Å²) in [7, 11) is 0. The summed E-state index contributed by atoms with van der Waals surface area (Å²) in [5.74, 6) is -0.492. The Morgan fingerprint density at radius 3 is 2.68 bits per heavy atom. The van der Waals surface area contributed by atoms with Crippen LogP contribution in [-0.4, -0.2) is 22.7 Å². The van der Waals surface area contributed by atoms with Gasteiger partial charge in [-0.15, -0.1) is 0 Å². The Morgan fingerprint density at radius 2 is 1.89 bits per heavy atom. The van der Waals surface area contributed by atoms with E-state index in [9.17, 15) is 14.0 Å². The van der Waals surface area contributed by atoms with E-state index in [1.165, 1.54) is 17.2 Å². The zero-order valence-corrected chi connectivity index (χ0v) is 15.3. The van der Waals surface area contributed by atoms with E-state index < -0.39 is 11.9 Å². The van der Waals surface area contributed by atoms with Crippen LogP contribution in [0.2, 0.25) is 0 Å². The van der Waals surface area contributed by atoms with E-state index in [1.54, 1.807) is 30.3 Å². The van der Waals surface area contributed by atoms with Gasteiger partial charge in [-0.3, -0.25) is 9.59 Å². The number of carbonyl (C=O) groups is 2. The van der Waals surface area contributed by atoms with Crippen LogP contribution in [0, 0.1) is 11.7 Å². The summed E-state index contributed by atoms with van der Waals surface area (Å²) in [4.78, 5) is 28.1. The van der Waals surface area contributed by atoms with E-state index in [0.29, 0.717) is 16.9 Å². The van der Waals surface area contributed by atoms with Gasteiger partial charge in [0.1, 0.15) is 17.7 Å². The maximum atomic E-state index is 14.7. The molecule has 3 unspecified atom stereocenters. The van der Waals surface area contributed by atoms with E-state index >= 15 is 0 Å². The lowest BCUT2D eigenvalue weighted by Gasteiger charge is -2.35. The molecule has 0 spiro atoms. The smallest absolute Gasteiger partial charge is 0.290 e. The summed E-state index contributed by atoms with van der Waals surface area (Å²) in [6, 6.07) is 8.97. The Balaban J connectivity index is 1.62. The minimum Gasteiger partial charge on any atom is -0.483 e. The maximum absolute atomic E-state index is 14.7. The monoisotopic (exact) mass is 381 g/mol. The van der Waals surface area contributed by atoms with Crippen molar-refractivity contribution < 1.29 is 23.1 Å². The van der Waals surface area contributed by atoms with Gasteiger partial charge in [-0.2, -0.15) is 0 Å². The lowest BCUT2D eigenvalue weighted by Crippen LogP contribution is -2.39. The van der Waals surface area contributed by atoms with Crippen molar-refractivity contribution in [2.45, 2.75) is 44.4 Å². The number of furan rings is 1. The summed E-state index contributed by atoms with van der Waals surface area (Å²) < 4.78 is 26.2. The van der Waals surface area contributed by atoms with Crippen molar-refractivity contribution in [2.24, 2.45) is 5.92 Å². The number of fused-ring (bicyclic) bond motifs is 1. The number of carbonyl (C=O) groups excluding carboxylic acids is 2. The summed E-state index contributed by atoms with van der Waals surface area (Å²) in [5, 5.41) is 0. The molecule has 5 nitrogen and oxygen atoms in total. The topological polar surface area (TPSA) is 59.8 Å². The Morgan fingerprint density at radius 1 is 1.07 bits per heavy atom. The van der Waals surface area contributed by atoms with Crippen LogP contribution in [0.5, 0.6) is 0 Å². The lowest BCUT2D eigenvalue weighted by atomic mass is 9.77. The molecule has 0 saturated heterocycles. The van der Waals surface area contributed by atoms with Crippen LogP contribution in [0.3, 0.4) is 0 Å². The second-order valence-electron chi connectivity index (χ2n) is 7.59. The molecule has 1 aromatic carbocycles. The Kier molecular flexibility index (Phi) is 4.07. The van der Waals surface area contributed by atoms with Gasteiger partial charge in [0.25, 0.3) is 5.91 Å². The minimum absolute atomic E-state index is 0.0745. The summed E-state index contributed by atoms with van der Waals surface area (Å²) >= 11 is 0. The normalized spacial score (nSPS) is 26.9. The molecular formula is C22H20FNO4. The number of Topliss-reactive ketones (excluding diaryl/α,β-unsaturated/α-hetero) is 1. The van der Waals surface area contributed by atoms with Gasteiger partial charge in [-0.05, 0) is 37.5 Å². The molecule has 3 atom stereocenters. The first-order chi connectivity index (χ1) is 13.6. The molecule has 1 aromatic heterocycles. The van der Waals surface area contributed by atoms with E-state index in [-0.39, 0.29) is 36.0 Å². The molecule has 0 bridgehead atoms. The van der Waals surface area contributed by atoms with Crippen LogP contribution in [0.15, 0.2) is 58.4 Å². The van der Waals surface area contributed by atoms with Gasteiger partial charge in [0.05, 0.1) is 30.3 Å². The fourth-order valence-corrected chi connectivity index (χ4v) is 4.65. The first kappa shape index (κ1) is 17.2. The van der Waals surface area contributed by atoms with Gasteiger partial charge < -0.3 is 14.1 Å². The predicted molar refractivity (Wildman–Crippen MR) is 97.3 cm³/mol. The highest BCUT2D eigenvalue weighted by molar-refractivity contribution is 6.11. The highest BCUT2D eigenvalue weighted by Crippen LogP contribution is 2.47. The third-order valence-electron chi connectivity index (χ3n) is 5.96. The first-order valence-corrected chi connectivity index (χ1v) is 9.68. The molecule has 1 fully saturated rings. The number of hydrogen-bond acceptors (Lipinski definition) is 4.